The first-order valence-corrected chi connectivity index (χ1v) is 8.50. The van der Waals surface area contributed by atoms with Gasteiger partial charge in [-0.2, -0.15) is 0 Å². The number of anilines is 1. The first kappa shape index (κ1) is 15.5. The zero-order chi connectivity index (χ0) is 15.5. The Morgan fingerprint density at radius 3 is 2.14 bits per heavy atom. The van der Waals surface area contributed by atoms with Crippen LogP contribution in [0.5, 0.6) is 0 Å². The number of nitrogens with one attached hydrogen (secondary N) is 1. The van der Waals surface area contributed by atoms with Crippen LogP contribution in [-0.2, 0) is 15.4 Å². The Labute approximate surface area is 125 Å². The summed E-state index contributed by atoms with van der Waals surface area (Å²) < 4.78 is 22.8. The maximum absolute atomic E-state index is 11.4. The van der Waals surface area contributed by atoms with Gasteiger partial charge in [0.05, 0.1) is 4.90 Å². The van der Waals surface area contributed by atoms with E-state index in [4.69, 9.17) is 0 Å². The molecule has 2 aromatic carbocycles. The molecule has 2 N–H and O–H groups in total. The van der Waals surface area contributed by atoms with Crippen LogP contribution in [0.15, 0.2) is 59.5 Å². The highest BCUT2D eigenvalue weighted by atomic mass is 32.2. The van der Waals surface area contributed by atoms with Crippen molar-refractivity contribution in [2.75, 3.05) is 18.1 Å². The van der Waals surface area contributed by atoms with Crippen LogP contribution in [0.1, 0.15) is 12.5 Å². The van der Waals surface area contributed by atoms with Gasteiger partial charge in [0.1, 0.15) is 5.60 Å². The predicted octanol–water partition coefficient (Wildman–Crippen LogP) is 2.41. The molecular weight excluding hydrogens is 286 g/mol. The number of aliphatic hydroxyl groups is 1. The molecule has 5 heteroatoms. The van der Waals surface area contributed by atoms with Gasteiger partial charge >= 0.3 is 0 Å². The highest BCUT2D eigenvalue weighted by Crippen LogP contribution is 2.21. The van der Waals surface area contributed by atoms with Crippen molar-refractivity contribution in [1.82, 2.24) is 0 Å². The van der Waals surface area contributed by atoms with Gasteiger partial charge in [0.25, 0.3) is 0 Å². The van der Waals surface area contributed by atoms with E-state index in [1.165, 1.54) is 6.26 Å². The highest BCUT2D eigenvalue weighted by molar-refractivity contribution is 7.90. The van der Waals surface area contributed by atoms with Crippen LogP contribution in [0.3, 0.4) is 0 Å². The molecule has 21 heavy (non-hydrogen) atoms. The molecule has 0 amide bonds. The number of rotatable bonds is 5. The monoisotopic (exact) mass is 305 g/mol. The summed E-state index contributed by atoms with van der Waals surface area (Å²) in [7, 11) is -3.18. The number of sulfone groups is 1. The Morgan fingerprint density at radius 2 is 1.62 bits per heavy atom. The molecule has 1 atom stereocenters. The van der Waals surface area contributed by atoms with E-state index in [1.807, 2.05) is 30.3 Å². The minimum atomic E-state index is -3.18. The average Bonchev–Trinajstić information content (AvgIpc) is 2.46. The topological polar surface area (TPSA) is 66.4 Å². The summed E-state index contributed by atoms with van der Waals surface area (Å²) in [6, 6.07) is 15.9. The van der Waals surface area contributed by atoms with Gasteiger partial charge in [-0.05, 0) is 36.8 Å². The lowest BCUT2D eigenvalue weighted by atomic mass is 9.96. The molecule has 0 aliphatic carbocycles. The third kappa shape index (κ3) is 4.06. The Kier molecular flexibility index (Phi) is 4.34. The smallest absolute Gasteiger partial charge is 0.175 e. The second-order valence-electron chi connectivity index (χ2n) is 5.29. The molecule has 2 rings (SSSR count). The van der Waals surface area contributed by atoms with Crippen molar-refractivity contribution >= 4 is 15.5 Å². The van der Waals surface area contributed by atoms with Crippen LogP contribution in [0, 0.1) is 0 Å². The molecule has 0 saturated heterocycles. The highest BCUT2D eigenvalue weighted by Gasteiger charge is 2.22. The summed E-state index contributed by atoms with van der Waals surface area (Å²) in [6.07, 6.45) is 1.18. The van der Waals surface area contributed by atoms with Crippen LogP contribution < -0.4 is 5.32 Å². The van der Waals surface area contributed by atoms with Gasteiger partial charge in [-0.25, -0.2) is 8.42 Å². The van der Waals surface area contributed by atoms with E-state index in [0.717, 1.165) is 11.3 Å². The largest absolute Gasteiger partial charge is 0.384 e. The van der Waals surface area contributed by atoms with Crippen molar-refractivity contribution < 1.29 is 13.5 Å². The van der Waals surface area contributed by atoms with Crippen LogP contribution in [0.25, 0.3) is 0 Å². The lowest BCUT2D eigenvalue weighted by molar-refractivity contribution is 0.0715. The van der Waals surface area contributed by atoms with E-state index in [0.29, 0.717) is 6.54 Å². The van der Waals surface area contributed by atoms with Crippen molar-refractivity contribution in [2.45, 2.75) is 17.4 Å². The first-order valence-electron chi connectivity index (χ1n) is 6.61. The minimum Gasteiger partial charge on any atom is -0.384 e. The molecule has 112 valence electrons. The number of benzene rings is 2. The Hall–Kier alpha value is -1.85. The molecule has 0 saturated carbocycles. The van der Waals surface area contributed by atoms with Crippen LogP contribution in [0.4, 0.5) is 5.69 Å². The third-order valence-electron chi connectivity index (χ3n) is 3.31. The quantitative estimate of drug-likeness (QED) is 0.890. The van der Waals surface area contributed by atoms with Gasteiger partial charge in [-0.3, -0.25) is 0 Å². The summed E-state index contributed by atoms with van der Waals surface area (Å²) in [5, 5.41) is 13.6. The number of hydrogen-bond donors (Lipinski definition) is 2. The van der Waals surface area contributed by atoms with Crippen molar-refractivity contribution in [3.63, 3.8) is 0 Å². The molecule has 0 heterocycles. The molecule has 0 aliphatic rings. The molecule has 0 aliphatic heterocycles. The molecule has 2 aromatic rings. The molecule has 0 bridgehead atoms. The minimum absolute atomic E-state index is 0.280. The van der Waals surface area contributed by atoms with Gasteiger partial charge in [0.15, 0.2) is 9.84 Å². The lowest BCUT2D eigenvalue weighted by Gasteiger charge is -2.24. The van der Waals surface area contributed by atoms with Gasteiger partial charge < -0.3 is 10.4 Å². The van der Waals surface area contributed by atoms with E-state index in [2.05, 4.69) is 5.32 Å². The third-order valence-corrected chi connectivity index (χ3v) is 4.44. The van der Waals surface area contributed by atoms with Crippen molar-refractivity contribution in [2.24, 2.45) is 0 Å². The maximum Gasteiger partial charge on any atom is 0.175 e. The fraction of sp³-hybridized carbons (Fsp3) is 0.250. The molecule has 4 nitrogen and oxygen atoms in total. The SMILES string of the molecule is CC(O)(CNc1ccc(S(C)(=O)=O)cc1)c1ccccc1. The normalized spacial score (nSPS) is 14.4. The fourth-order valence-corrected chi connectivity index (χ4v) is 2.62. The van der Waals surface area contributed by atoms with E-state index < -0.39 is 15.4 Å². The van der Waals surface area contributed by atoms with E-state index in [-0.39, 0.29) is 4.90 Å². The molecular formula is C16H19NO3S. The fourth-order valence-electron chi connectivity index (χ4n) is 1.99. The van der Waals surface area contributed by atoms with Gasteiger partial charge in [0, 0.05) is 18.5 Å². The summed E-state index contributed by atoms with van der Waals surface area (Å²) in [6.45, 7) is 2.06. The Morgan fingerprint density at radius 1 is 1.05 bits per heavy atom. The molecule has 0 fully saturated rings. The van der Waals surface area contributed by atoms with Gasteiger partial charge in [-0.1, -0.05) is 30.3 Å². The second kappa shape index (κ2) is 5.87. The average molecular weight is 305 g/mol. The molecule has 1 unspecified atom stereocenters. The van der Waals surface area contributed by atoms with Crippen LogP contribution in [0.2, 0.25) is 0 Å². The summed E-state index contributed by atoms with van der Waals surface area (Å²) in [5.74, 6) is 0. The van der Waals surface area contributed by atoms with Crippen molar-refractivity contribution in [1.29, 1.82) is 0 Å². The molecule has 0 radical (unpaired) electrons. The maximum atomic E-state index is 11.4. The lowest BCUT2D eigenvalue weighted by Crippen LogP contribution is -2.30. The summed E-state index contributed by atoms with van der Waals surface area (Å²) in [5.41, 5.74) is 0.584. The second-order valence-corrected chi connectivity index (χ2v) is 7.31. The van der Waals surface area contributed by atoms with Crippen LogP contribution >= 0.6 is 0 Å². The van der Waals surface area contributed by atoms with Crippen molar-refractivity contribution in [3.8, 4) is 0 Å². The predicted molar refractivity (Wildman–Crippen MR) is 84.1 cm³/mol. The first-order chi connectivity index (χ1) is 9.79. The van der Waals surface area contributed by atoms with Crippen molar-refractivity contribution in [3.05, 3.63) is 60.2 Å². The number of hydrogen-bond acceptors (Lipinski definition) is 4. The van der Waals surface area contributed by atoms with E-state index in [1.54, 1.807) is 31.2 Å². The molecule has 0 spiro atoms. The summed E-state index contributed by atoms with van der Waals surface area (Å²) >= 11 is 0. The Bertz CT molecular complexity index is 692. The standard InChI is InChI=1S/C16H19NO3S/c1-16(18,13-6-4-3-5-7-13)12-17-14-8-10-15(11-9-14)21(2,19)20/h3-11,17-18H,12H2,1-2H3. The Balaban J connectivity index is 2.06. The summed E-state index contributed by atoms with van der Waals surface area (Å²) in [4.78, 5) is 0.280. The van der Waals surface area contributed by atoms with Crippen LogP contribution in [-0.4, -0.2) is 26.3 Å². The van der Waals surface area contributed by atoms with E-state index >= 15 is 0 Å². The zero-order valence-corrected chi connectivity index (χ0v) is 12.9. The molecule has 0 aromatic heterocycles. The zero-order valence-electron chi connectivity index (χ0n) is 12.1. The van der Waals surface area contributed by atoms with E-state index in [9.17, 15) is 13.5 Å². The van der Waals surface area contributed by atoms with Gasteiger partial charge in [0.2, 0.25) is 0 Å². The van der Waals surface area contributed by atoms with Gasteiger partial charge in [-0.15, -0.1) is 0 Å².